The van der Waals surface area contributed by atoms with Crippen LogP contribution in [0.3, 0.4) is 0 Å². The Balaban J connectivity index is 2.42. The van der Waals surface area contributed by atoms with Crippen LogP contribution in [-0.4, -0.2) is 17.0 Å². The maximum absolute atomic E-state index is 11.6. The smallest absolute Gasteiger partial charge is 0.306 e. The number of hydrogen-bond acceptors (Lipinski definition) is 2. The molecular weight excluding hydrogens is 230 g/mol. The average Bonchev–Trinajstić information content (AvgIpc) is 2.32. The molecule has 0 radical (unpaired) electrons. The van der Waals surface area contributed by atoms with Gasteiger partial charge in [-0.15, -0.1) is 0 Å². The minimum atomic E-state index is -0.833. The highest BCUT2D eigenvalue weighted by Gasteiger charge is 2.16. The largest absolute Gasteiger partial charge is 0.481 e. The van der Waals surface area contributed by atoms with Crippen molar-refractivity contribution in [2.75, 3.05) is 5.32 Å². The molecule has 4 heteroatoms. The van der Waals surface area contributed by atoms with Crippen molar-refractivity contribution in [1.29, 1.82) is 0 Å². The number of carboxylic acids is 1. The van der Waals surface area contributed by atoms with Crippen LogP contribution in [0.4, 0.5) is 5.69 Å². The molecule has 1 unspecified atom stereocenters. The van der Waals surface area contributed by atoms with Crippen LogP contribution in [0.15, 0.2) is 24.3 Å². The second kappa shape index (κ2) is 6.79. The summed E-state index contributed by atoms with van der Waals surface area (Å²) in [5, 5.41) is 11.6. The van der Waals surface area contributed by atoms with Crippen LogP contribution in [0.25, 0.3) is 0 Å². The van der Waals surface area contributed by atoms with Gasteiger partial charge in [0.2, 0.25) is 5.91 Å². The van der Waals surface area contributed by atoms with Gasteiger partial charge in [-0.2, -0.15) is 0 Å². The van der Waals surface area contributed by atoms with Gasteiger partial charge in [-0.25, -0.2) is 0 Å². The van der Waals surface area contributed by atoms with Crippen molar-refractivity contribution in [2.45, 2.75) is 33.1 Å². The Morgan fingerprint density at radius 2 is 1.89 bits per heavy atom. The van der Waals surface area contributed by atoms with Crippen molar-refractivity contribution in [1.82, 2.24) is 0 Å². The van der Waals surface area contributed by atoms with E-state index in [0.29, 0.717) is 12.8 Å². The van der Waals surface area contributed by atoms with E-state index in [4.69, 9.17) is 5.11 Å². The third-order valence-corrected chi connectivity index (χ3v) is 2.90. The number of aliphatic carboxylic acids is 1. The van der Waals surface area contributed by atoms with E-state index in [1.807, 2.05) is 38.1 Å². The molecule has 1 rings (SSSR count). The number of rotatable bonds is 6. The summed E-state index contributed by atoms with van der Waals surface area (Å²) >= 11 is 0. The molecule has 0 heterocycles. The highest BCUT2D eigenvalue weighted by Crippen LogP contribution is 2.13. The third-order valence-electron chi connectivity index (χ3n) is 2.90. The molecule has 0 fully saturated rings. The lowest BCUT2D eigenvalue weighted by atomic mass is 10.0. The average molecular weight is 249 g/mol. The van der Waals surface area contributed by atoms with Gasteiger partial charge in [-0.05, 0) is 31.9 Å². The van der Waals surface area contributed by atoms with Crippen LogP contribution in [0, 0.1) is 12.8 Å². The van der Waals surface area contributed by atoms with Gasteiger partial charge >= 0.3 is 5.97 Å². The molecule has 1 aromatic carbocycles. The number of anilines is 1. The Morgan fingerprint density at radius 3 is 2.39 bits per heavy atom. The molecule has 4 nitrogen and oxygen atoms in total. The van der Waals surface area contributed by atoms with Crippen LogP contribution in [0.1, 0.15) is 31.7 Å². The van der Waals surface area contributed by atoms with Gasteiger partial charge in [-0.1, -0.05) is 24.6 Å². The molecule has 0 saturated heterocycles. The topological polar surface area (TPSA) is 66.4 Å². The fraction of sp³-hybridized carbons (Fsp3) is 0.429. The van der Waals surface area contributed by atoms with Gasteiger partial charge in [0.1, 0.15) is 0 Å². The number of carbonyl (C=O) groups is 2. The molecule has 1 amide bonds. The van der Waals surface area contributed by atoms with E-state index in [-0.39, 0.29) is 12.3 Å². The van der Waals surface area contributed by atoms with Gasteiger partial charge in [-0.3, -0.25) is 9.59 Å². The van der Waals surface area contributed by atoms with Crippen molar-refractivity contribution in [3.8, 4) is 0 Å². The summed E-state index contributed by atoms with van der Waals surface area (Å²) in [4.78, 5) is 22.4. The molecule has 98 valence electrons. The molecule has 1 aromatic rings. The minimum Gasteiger partial charge on any atom is -0.481 e. The number of carboxylic acid groups (broad SMARTS) is 1. The standard InChI is InChI=1S/C14H19NO3/c1-3-11(14(17)18)6-9-13(16)15-12-7-4-10(2)5-8-12/h4-5,7-8,11H,3,6,9H2,1-2H3,(H,15,16)(H,17,18). The van der Waals surface area contributed by atoms with E-state index in [1.54, 1.807) is 0 Å². The Hall–Kier alpha value is -1.84. The summed E-state index contributed by atoms with van der Waals surface area (Å²) in [5.74, 6) is -1.41. The van der Waals surface area contributed by atoms with E-state index in [2.05, 4.69) is 5.32 Å². The van der Waals surface area contributed by atoms with E-state index in [1.165, 1.54) is 0 Å². The molecule has 0 aromatic heterocycles. The minimum absolute atomic E-state index is 0.140. The third kappa shape index (κ3) is 4.57. The Morgan fingerprint density at radius 1 is 1.28 bits per heavy atom. The molecule has 0 aliphatic heterocycles. The summed E-state index contributed by atoms with van der Waals surface area (Å²) in [6, 6.07) is 7.51. The summed E-state index contributed by atoms with van der Waals surface area (Å²) < 4.78 is 0. The maximum Gasteiger partial charge on any atom is 0.306 e. The number of nitrogens with one attached hydrogen (secondary N) is 1. The summed E-state index contributed by atoms with van der Waals surface area (Å²) in [6.45, 7) is 3.79. The number of amides is 1. The molecule has 18 heavy (non-hydrogen) atoms. The number of carbonyl (C=O) groups excluding carboxylic acids is 1. The fourth-order valence-corrected chi connectivity index (χ4v) is 1.67. The quantitative estimate of drug-likeness (QED) is 0.814. The summed E-state index contributed by atoms with van der Waals surface area (Å²) in [7, 11) is 0. The van der Waals surface area contributed by atoms with Crippen molar-refractivity contribution in [3.63, 3.8) is 0 Å². The monoisotopic (exact) mass is 249 g/mol. The van der Waals surface area contributed by atoms with Crippen LogP contribution < -0.4 is 5.32 Å². The Kier molecular flexibility index (Phi) is 5.36. The predicted molar refractivity (Wildman–Crippen MR) is 70.5 cm³/mol. The fourth-order valence-electron chi connectivity index (χ4n) is 1.67. The SMILES string of the molecule is CCC(CCC(=O)Nc1ccc(C)cc1)C(=O)O. The van der Waals surface area contributed by atoms with Gasteiger partial charge < -0.3 is 10.4 Å². The molecule has 0 aliphatic rings. The highest BCUT2D eigenvalue weighted by molar-refractivity contribution is 5.90. The summed E-state index contributed by atoms with van der Waals surface area (Å²) in [5.41, 5.74) is 1.87. The predicted octanol–water partition coefficient (Wildman–Crippen LogP) is 2.82. The van der Waals surface area contributed by atoms with E-state index >= 15 is 0 Å². The van der Waals surface area contributed by atoms with Crippen LogP contribution in [-0.2, 0) is 9.59 Å². The first-order valence-corrected chi connectivity index (χ1v) is 6.12. The van der Waals surface area contributed by atoms with E-state index < -0.39 is 11.9 Å². The summed E-state index contributed by atoms with van der Waals surface area (Å²) in [6.07, 6.45) is 1.16. The zero-order valence-corrected chi connectivity index (χ0v) is 10.8. The number of aryl methyl sites for hydroxylation is 1. The normalized spacial score (nSPS) is 11.9. The van der Waals surface area contributed by atoms with Gasteiger partial charge in [0.05, 0.1) is 5.92 Å². The molecule has 0 spiro atoms. The number of hydrogen-bond donors (Lipinski definition) is 2. The first-order chi connectivity index (χ1) is 8.52. The Bertz CT molecular complexity index is 412. The molecule has 0 aliphatic carbocycles. The lowest BCUT2D eigenvalue weighted by Gasteiger charge is -2.09. The van der Waals surface area contributed by atoms with E-state index in [9.17, 15) is 9.59 Å². The van der Waals surface area contributed by atoms with Crippen LogP contribution in [0.5, 0.6) is 0 Å². The first kappa shape index (κ1) is 14.2. The zero-order chi connectivity index (χ0) is 13.5. The molecule has 2 N–H and O–H groups in total. The highest BCUT2D eigenvalue weighted by atomic mass is 16.4. The Labute approximate surface area is 107 Å². The van der Waals surface area contributed by atoms with Crippen LogP contribution in [0.2, 0.25) is 0 Å². The van der Waals surface area contributed by atoms with Gasteiger partial charge in [0.15, 0.2) is 0 Å². The lowest BCUT2D eigenvalue weighted by molar-refractivity contribution is -0.142. The van der Waals surface area contributed by atoms with Crippen molar-refractivity contribution in [3.05, 3.63) is 29.8 Å². The molecule has 0 saturated carbocycles. The van der Waals surface area contributed by atoms with Crippen molar-refractivity contribution < 1.29 is 14.7 Å². The maximum atomic E-state index is 11.6. The lowest BCUT2D eigenvalue weighted by Crippen LogP contribution is -2.17. The van der Waals surface area contributed by atoms with Gasteiger partial charge in [0.25, 0.3) is 0 Å². The number of benzene rings is 1. The van der Waals surface area contributed by atoms with Gasteiger partial charge in [0, 0.05) is 12.1 Å². The van der Waals surface area contributed by atoms with Crippen molar-refractivity contribution >= 4 is 17.6 Å². The van der Waals surface area contributed by atoms with Crippen molar-refractivity contribution in [2.24, 2.45) is 5.92 Å². The second-order valence-corrected chi connectivity index (χ2v) is 4.40. The molecule has 1 atom stereocenters. The van der Waals surface area contributed by atoms with E-state index in [0.717, 1.165) is 11.3 Å². The second-order valence-electron chi connectivity index (χ2n) is 4.40. The molecular formula is C14H19NO3. The first-order valence-electron chi connectivity index (χ1n) is 6.12. The zero-order valence-electron chi connectivity index (χ0n) is 10.8. The molecule has 0 bridgehead atoms. The van der Waals surface area contributed by atoms with Crippen LogP contribution >= 0.6 is 0 Å².